The lowest BCUT2D eigenvalue weighted by atomic mass is 10.3. The Morgan fingerprint density at radius 2 is 2.11 bits per heavy atom. The van der Waals surface area contributed by atoms with E-state index in [1.54, 1.807) is 17.9 Å². The monoisotopic (exact) mass is 271 g/mol. The van der Waals surface area contributed by atoms with Crippen molar-refractivity contribution in [3.05, 3.63) is 36.0 Å². The largest absolute Gasteiger partial charge is 0.433 e. The van der Waals surface area contributed by atoms with E-state index in [0.717, 1.165) is 11.9 Å². The summed E-state index contributed by atoms with van der Waals surface area (Å²) >= 11 is 0. The van der Waals surface area contributed by atoms with Crippen LogP contribution < -0.4 is 5.32 Å². The Labute approximate surface area is 107 Å². The van der Waals surface area contributed by atoms with Crippen molar-refractivity contribution in [3.8, 4) is 0 Å². The number of hydrogen-bond donors (Lipinski definition) is 1. The average Bonchev–Trinajstić information content (AvgIpc) is 2.75. The number of halogens is 3. The van der Waals surface area contributed by atoms with Crippen LogP contribution in [0.15, 0.2) is 24.5 Å². The second-order valence-electron chi connectivity index (χ2n) is 3.94. The van der Waals surface area contributed by atoms with Crippen molar-refractivity contribution < 1.29 is 13.2 Å². The summed E-state index contributed by atoms with van der Waals surface area (Å²) in [5, 5.41) is 10.4. The summed E-state index contributed by atoms with van der Waals surface area (Å²) in [5.41, 5.74) is -0.906. The zero-order valence-corrected chi connectivity index (χ0v) is 10.1. The predicted octanol–water partition coefficient (Wildman–Crippen LogP) is 1.88. The minimum absolute atomic E-state index is 0.192. The molecular weight excluding hydrogens is 259 g/mol. The Balaban J connectivity index is 1.95. The van der Waals surface area contributed by atoms with Gasteiger partial charge >= 0.3 is 6.18 Å². The summed E-state index contributed by atoms with van der Waals surface area (Å²) in [4.78, 5) is 3.51. The minimum Gasteiger partial charge on any atom is -0.370 e. The summed E-state index contributed by atoms with van der Waals surface area (Å²) in [6.07, 6.45) is -2.31. The van der Waals surface area contributed by atoms with Crippen molar-refractivity contribution in [1.82, 2.24) is 19.7 Å². The first-order chi connectivity index (χ1) is 8.97. The van der Waals surface area contributed by atoms with Gasteiger partial charge in [-0.2, -0.15) is 13.2 Å². The Morgan fingerprint density at radius 3 is 2.74 bits per heavy atom. The molecule has 0 radical (unpaired) electrons. The van der Waals surface area contributed by atoms with Gasteiger partial charge in [0.25, 0.3) is 0 Å². The first-order valence-electron chi connectivity index (χ1n) is 5.58. The van der Waals surface area contributed by atoms with E-state index in [0.29, 0.717) is 13.0 Å². The van der Waals surface area contributed by atoms with Crippen molar-refractivity contribution in [1.29, 1.82) is 0 Å². The van der Waals surface area contributed by atoms with Crippen LogP contribution >= 0.6 is 0 Å². The third kappa shape index (κ3) is 3.43. The van der Waals surface area contributed by atoms with Crippen LogP contribution in [0.1, 0.15) is 11.5 Å². The molecule has 0 spiro atoms. The Bertz CT molecular complexity index is 549. The molecule has 0 saturated heterocycles. The summed E-state index contributed by atoms with van der Waals surface area (Å²) in [7, 11) is 1.80. The molecule has 0 atom stereocenters. The van der Waals surface area contributed by atoms with Gasteiger partial charge in [0.05, 0.1) is 0 Å². The van der Waals surface area contributed by atoms with Crippen molar-refractivity contribution in [2.24, 2.45) is 7.05 Å². The van der Waals surface area contributed by atoms with Gasteiger partial charge in [-0.3, -0.25) is 0 Å². The van der Waals surface area contributed by atoms with Crippen LogP contribution in [0.25, 0.3) is 0 Å². The van der Waals surface area contributed by atoms with Crippen molar-refractivity contribution in [3.63, 3.8) is 0 Å². The molecule has 0 fully saturated rings. The molecular formula is C11H12F3N5. The fraction of sp³-hybridized carbons (Fsp3) is 0.364. The molecule has 2 aromatic heterocycles. The number of alkyl halides is 3. The number of anilines is 1. The number of aromatic nitrogens is 4. The van der Waals surface area contributed by atoms with Gasteiger partial charge in [0.2, 0.25) is 0 Å². The third-order valence-electron chi connectivity index (χ3n) is 2.50. The molecule has 2 heterocycles. The van der Waals surface area contributed by atoms with E-state index in [4.69, 9.17) is 0 Å². The van der Waals surface area contributed by atoms with Gasteiger partial charge in [-0.25, -0.2) is 4.98 Å². The molecule has 0 amide bonds. The molecule has 2 rings (SSSR count). The molecule has 0 saturated carbocycles. The van der Waals surface area contributed by atoms with Gasteiger partial charge in [0.15, 0.2) is 0 Å². The molecule has 0 aromatic carbocycles. The van der Waals surface area contributed by atoms with Gasteiger partial charge in [0.1, 0.15) is 23.7 Å². The van der Waals surface area contributed by atoms with Crippen molar-refractivity contribution in [2.45, 2.75) is 12.6 Å². The molecule has 0 aliphatic heterocycles. The number of nitrogens with one attached hydrogen (secondary N) is 1. The molecule has 0 unspecified atom stereocenters. The molecule has 19 heavy (non-hydrogen) atoms. The van der Waals surface area contributed by atoms with Gasteiger partial charge in [-0.15, -0.1) is 10.2 Å². The standard InChI is InChI=1S/C11H12F3N5/c1-19-7-16-18-10(19)5-6-15-9-4-2-3-8(17-9)11(12,13)14/h2-4,7H,5-6H2,1H3,(H,15,17). The lowest BCUT2D eigenvalue weighted by molar-refractivity contribution is -0.141. The quantitative estimate of drug-likeness (QED) is 0.922. The maximum Gasteiger partial charge on any atom is 0.433 e. The molecule has 5 nitrogen and oxygen atoms in total. The Hall–Kier alpha value is -2.12. The van der Waals surface area contributed by atoms with E-state index in [-0.39, 0.29) is 5.82 Å². The van der Waals surface area contributed by atoms with E-state index in [9.17, 15) is 13.2 Å². The summed E-state index contributed by atoms with van der Waals surface area (Å²) < 4.78 is 39.1. The highest BCUT2D eigenvalue weighted by Gasteiger charge is 2.32. The maximum absolute atomic E-state index is 12.5. The van der Waals surface area contributed by atoms with E-state index in [1.165, 1.54) is 12.1 Å². The average molecular weight is 271 g/mol. The second-order valence-corrected chi connectivity index (χ2v) is 3.94. The zero-order chi connectivity index (χ0) is 13.9. The van der Waals surface area contributed by atoms with Crippen LogP contribution in [0.4, 0.5) is 19.0 Å². The highest BCUT2D eigenvalue weighted by molar-refractivity contribution is 5.35. The molecule has 102 valence electrons. The van der Waals surface area contributed by atoms with Crippen LogP contribution in [0, 0.1) is 0 Å². The first kappa shape index (κ1) is 13.3. The topological polar surface area (TPSA) is 55.6 Å². The molecule has 0 aliphatic carbocycles. The number of aryl methyl sites for hydroxylation is 1. The van der Waals surface area contributed by atoms with Crippen LogP contribution in [-0.4, -0.2) is 26.3 Å². The van der Waals surface area contributed by atoms with Crippen molar-refractivity contribution >= 4 is 5.82 Å². The smallest absolute Gasteiger partial charge is 0.370 e. The van der Waals surface area contributed by atoms with Crippen LogP contribution in [0.2, 0.25) is 0 Å². The number of pyridine rings is 1. The highest BCUT2D eigenvalue weighted by Crippen LogP contribution is 2.28. The SMILES string of the molecule is Cn1cnnc1CCNc1cccc(C(F)(F)F)n1. The molecule has 2 aromatic rings. The first-order valence-corrected chi connectivity index (χ1v) is 5.58. The predicted molar refractivity (Wildman–Crippen MR) is 62.4 cm³/mol. The van der Waals surface area contributed by atoms with Crippen LogP contribution in [-0.2, 0) is 19.6 Å². The Kier molecular flexibility index (Phi) is 3.68. The normalized spacial score (nSPS) is 11.6. The minimum atomic E-state index is -4.43. The molecule has 1 N–H and O–H groups in total. The zero-order valence-electron chi connectivity index (χ0n) is 10.1. The summed E-state index contributed by atoms with van der Waals surface area (Å²) in [6, 6.07) is 3.75. The van der Waals surface area contributed by atoms with Crippen LogP contribution in [0.5, 0.6) is 0 Å². The fourth-order valence-electron chi connectivity index (χ4n) is 1.53. The lowest BCUT2D eigenvalue weighted by Gasteiger charge is -2.09. The summed E-state index contributed by atoms with van der Waals surface area (Å²) in [6.45, 7) is 0.431. The molecule has 0 bridgehead atoms. The number of nitrogens with zero attached hydrogens (tertiary/aromatic N) is 4. The van der Waals surface area contributed by atoms with Gasteiger partial charge in [-0.05, 0) is 12.1 Å². The molecule has 0 aliphatic rings. The third-order valence-corrected chi connectivity index (χ3v) is 2.50. The van der Waals surface area contributed by atoms with E-state index < -0.39 is 11.9 Å². The maximum atomic E-state index is 12.5. The lowest BCUT2D eigenvalue weighted by Crippen LogP contribution is -2.12. The number of rotatable bonds is 4. The van der Waals surface area contributed by atoms with Crippen molar-refractivity contribution in [2.75, 3.05) is 11.9 Å². The Morgan fingerprint density at radius 1 is 1.32 bits per heavy atom. The van der Waals surface area contributed by atoms with Gasteiger partial charge in [0, 0.05) is 20.0 Å². The van der Waals surface area contributed by atoms with Crippen LogP contribution in [0.3, 0.4) is 0 Å². The van der Waals surface area contributed by atoms with E-state index in [1.807, 2.05) is 0 Å². The van der Waals surface area contributed by atoms with E-state index in [2.05, 4.69) is 20.5 Å². The fourth-order valence-corrected chi connectivity index (χ4v) is 1.53. The van der Waals surface area contributed by atoms with Gasteiger partial charge < -0.3 is 9.88 Å². The highest BCUT2D eigenvalue weighted by atomic mass is 19.4. The summed E-state index contributed by atoms with van der Waals surface area (Å²) in [5.74, 6) is 0.941. The molecule has 8 heteroatoms. The second kappa shape index (κ2) is 5.25. The number of hydrogen-bond acceptors (Lipinski definition) is 4. The van der Waals surface area contributed by atoms with Gasteiger partial charge in [-0.1, -0.05) is 6.07 Å². The van der Waals surface area contributed by atoms with E-state index >= 15 is 0 Å².